The van der Waals surface area contributed by atoms with Gasteiger partial charge < -0.3 is 31.5 Å². The summed E-state index contributed by atoms with van der Waals surface area (Å²) < 4.78 is 0. The van der Waals surface area contributed by atoms with E-state index in [-0.39, 0.29) is 55.5 Å². The number of Topliss-reactive ketones (excluding diaryl/α,β-unsaturated/α-hetero) is 1. The molecule has 8 nitrogen and oxygen atoms in total. The molecule has 0 saturated heterocycles. The summed E-state index contributed by atoms with van der Waals surface area (Å²) >= 11 is 0. The van der Waals surface area contributed by atoms with E-state index in [0.29, 0.717) is 38.5 Å². The van der Waals surface area contributed by atoms with Crippen LogP contribution in [-0.4, -0.2) is 57.0 Å². The van der Waals surface area contributed by atoms with Gasteiger partial charge in [0.25, 0.3) is 0 Å². The third-order valence-electron chi connectivity index (χ3n) is 13.0. The van der Waals surface area contributed by atoms with Crippen molar-refractivity contribution >= 4 is 11.7 Å². The highest BCUT2D eigenvalue weighted by Crippen LogP contribution is 2.63. The maximum Gasteiger partial charge on any atom is 0.225 e. The van der Waals surface area contributed by atoms with E-state index >= 15 is 0 Å². The Morgan fingerprint density at radius 1 is 1.11 bits per heavy atom. The van der Waals surface area contributed by atoms with Crippen LogP contribution in [0.2, 0.25) is 0 Å². The SMILES string of the molecule is C=C(C=CC=C(CO)C1CCC2(C(CCCO)C(=C(C(=O)Cc3cccc4c3CC(=O)NC4N)C3CCCCC3)CCC2(C)O)C1O)CCC=C(C)C. The monoisotopic (exact) mass is 728 g/mol. The van der Waals surface area contributed by atoms with Crippen LogP contribution in [0, 0.1) is 23.2 Å². The second-order valence-corrected chi connectivity index (χ2v) is 16.6. The van der Waals surface area contributed by atoms with Gasteiger partial charge in [-0.3, -0.25) is 9.59 Å². The number of amides is 1. The van der Waals surface area contributed by atoms with Gasteiger partial charge >= 0.3 is 0 Å². The zero-order chi connectivity index (χ0) is 38.3. The average molecular weight is 729 g/mol. The molecule has 1 aliphatic heterocycles. The molecule has 0 bridgehead atoms. The van der Waals surface area contributed by atoms with Gasteiger partial charge in [-0.05, 0) is 125 Å². The van der Waals surface area contributed by atoms with Crippen molar-refractivity contribution in [3.05, 3.63) is 93.6 Å². The molecule has 3 aliphatic carbocycles. The summed E-state index contributed by atoms with van der Waals surface area (Å²) in [6.07, 6.45) is 16.6. The lowest BCUT2D eigenvalue weighted by atomic mass is 9.52. The normalized spacial score (nSPS) is 30.3. The number of nitrogens with two attached hydrogens (primary N) is 1. The second-order valence-electron chi connectivity index (χ2n) is 16.6. The highest BCUT2D eigenvalue weighted by Gasteiger charge is 2.64. The van der Waals surface area contributed by atoms with Crippen LogP contribution in [0.15, 0.2) is 76.9 Å². The molecule has 0 radical (unpaired) electrons. The van der Waals surface area contributed by atoms with E-state index in [1.165, 1.54) is 5.57 Å². The lowest BCUT2D eigenvalue weighted by Crippen LogP contribution is -2.59. The summed E-state index contributed by atoms with van der Waals surface area (Å²) in [5.74, 6) is -0.734. The molecule has 53 heavy (non-hydrogen) atoms. The summed E-state index contributed by atoms with van der Waals surface area (Å²) in [4.78, 5) is 27.4. The van der Waals surface area contributed by atoms with Crippen molar-refractivity contribution in [2.45, 2.75) is 135 Å². The highest BCUT2D eigenvalue weighted by molar-refractivity contribution is 5.98. The first-order valence-electron chi connectivity index (χ1n) is 20.1. The number of carbonyl (C=O) groups is 2. The zero-order valence-electron chi connectivity index (χ0n) is 32.3. The molecule has 290 valence electrons. The molecule has 6 atom stereocenters. The number of carbonyl (C=O) groups excluding carboxylic acids is 2. The summed E-state index contributed by atoms with van der Waals surface area (Å²) in [5, 5.41) is 48.5. The maximum absolute atomic E-state index is 14.9. The lowest BCUT2D eigenvalue weighted by Gasteiger charge is -2.56. The number of aliphatic hydroxyl groups is 4. The van der Waals surface area contributed by atoms with Gasteiger partial charge in [0.15, 0.2) is 5.78 Å². The molecule has 4 aliphatic rings. The molecule has 0 aromatic heterocycles. The van der Waals surface area contributed by atoms with Gasteiger partial charge in [-0.15, -0.1) is 0 Å². The third kappa shape index (κ3) is 8.89. The van der Waals surface area contributed by atoms with E-state index in [0.717, 1.165) is 83.9 Å². The highest BCUT2D eigenvalue weighted by atomic mass is 16.3. The van der Waals surface area contributed by atoms with E-state index in [4.69, 9.17) is 5.73 Å². The quantitative estimate of drug-likeness (QED) is 0.0702. The van der Waals surface area contributed by atoms with Crippen molar-refractivity contribution in [3.8, 4) is 0 Å². The largest absolute Gasteiger partial charge is 0.396 e. The molecule has 3 saturated carbocycles. The molecular formula is C45H64N2O6. The molecule has 1 spiro atoms. The summed E-state index contributed by atoms with van der Waals surface area (Å²) in [6, 6.07) is 5.75. The minimum atomic E-state index is -1.23. The molecule has 3 fully saturated rings. The number of rotatable bonds is 14. The number of allylic oxidation sites excluding steroid dienone is 8. The molecule has 1 amide bonds. The van der Waals surface area contributed by atoms with E-state index in [2.05, 4.69) is 31.8 Å². The number of benzene rings is 1. The number of ketones is 1. The first-order valence-corrected chi connectivity index (χ1v) is 20.1. The Morgan fingerprint density at radius 2 is 1.87 bits per heavy atom. The molecule has 5 rings (SSSR count). The number of hydrogen-bond acceptors (Lipinski definition) is 7. The topological polar surface area (TPSA) is 153 Å². The number of fused-ring (bicyclic) bond motifs is 1. The summed E-state index contributed by atoms with van der Waals surface area (Å²) in [5.41, 5.74) is 11.4. The van der Waals surface area contributed by atoms with E-state index < -0.39 is 23.3 Å². The van der Waals surface area contributed by atoms with E-state index in [1.807, 2.05) is 43.4 Å². The molecule has 7 N–H and O–H groups in total. The van der Waals surface area contributed by atoms with Crippen LogP contribution >= 0.6 is 0 Å². The fourth-order valence-corrected chi connectivity index (χ4v) is 10.3. The minimum Gasteiger partial charge on any atom is -0.396 e. The van der Waals surface area contributed by atoms with Gasteiger partial charge in [0.1, 0.15) is 6.17 Å². The van der Waals surface area contributed by atoms with Crippen LogP contribution in [0.1, 0.15) is 127 Å². The molecule has 1 aromatic rings. The Labute approximate surface area is 317 Å². The minimum absolute atomic E-state index is 0.0310. The van der Waals surface area contributed by atoms with E-state index in [1.54, 1.807) is 0 Å². The predicted molar refractivity (Wildman–Crippen MR) is 210 cm³/mol. The average Bonchev–Trinajstić information content (AvgIpc) is 3.46. The first kappa shape index (κ1) is 41.0. The van der Waals surface area contributed by atoms with Gasteiger partial charge in [0, 0.05) is 24.4 Å². The Morgan fingerprint density at radius 3 is 2.57 bits per heavy atom. The number of hydrogen-bond donors (Lipinski definition) is 6. The van der Waals surface area contributed by atoms with Crippen molar-refractivity contribution < 1.29 is 30.0 Å². The molecule has 1 aromatic carbocycles. The molecule has 1 heterocycles. The van der Waals surface area contributed by atoms with Crippen LogP contribution in [0.3, 0.4) is 0 Å². The first-order chi connectivity index (χ1) is 25.3. The van der Waals surface area contributed by atoms with Gasteiger partial charge in [0.2, 0.25) is 5.91 Å². The third-order valence-corrected chi connectivity index (χ3v) is 13.0. The smallest absolute Gasteiger partial charge is 0.225 e. The molecule has 6 unspecified atom stereocenters. The van der Waals surface area contributed by atoms with Crippen LogP contribution in [0.4, 0.5) is 0 Å². The van der Waals surface area contributed by atoms with Crippen LogP contribution in [-0.2, 0) is 22.4 Å². The van der Waals surface area contributed by atoms with Gasteiger partial charge in [-0.1, -0.05) is 85.1 Å². The van der Waals surface area contributed by atoms with Crippen molar-refractivity contribution in [1.29, 1.82) is 0 Å². The maximum atomic E-state index is 14.9. The van der Waals surface area contributed by atoms with E-state index in [9.17, 15) is 30.0 Å². The Hall–Kier alpha value is -3.14. The molecule has 8 heteroatoms. The van der Waals surface area contributed by atoms with Crippen molar-refractivity contribution in [2.24, 2.45) is 28.9 Å². The number of nitrogens with one attached hydrogen (secondary N) is 1. The zero-order valence-corrected chi connectivity index (χ0v) is 32.3. The summed E-state index contributed by atoms with van der Waals surface area (Å²) in [7, 11) is 0. The van der Waals surface area contributed by atoms with Gasteiger partial charge in [-0.25, -0.2) is 0 Å². The molecular weight excluding hydrogens is 665 g/mol. The Bertz CT molecular complexity index is 1620. The number of aliphatic hydroxyl groups excluding tert-OH is 3. The van der Waals surface area contributed by atoms with Crippen LogP contribution < -0.4 is 11.1 Å². The standard InChI is InChI=1S/C45H64N2O6/c1-29(2)12-8-13-30(3)14-9-18-33(28-49)34-22-24-45(42(34)52)38(20-11-25-48)36(21-23-44(45,4)53)41(31-15-6-5-7-16-31)39(50)26-32-17-10-19-35-37(32)27-40(51)47-43(35)46/h9-10,12,14,17-19,31,34,38,42-43,48-49,52-53H,3,5-8,11,13,15-16,20-28,46H2,1-2,4H3,(H,47,51). The Balaban J connectivity index is 1.54. The fourth-order valence-electron chi connectivity index (χ4n) is 10.3. The van der Waals surface area contributed by atoms with Gasteiger partial charge in [0.05, 0.1) is 24.7 Å². The van der Waals surface area contributed by atoms with Crippen molar-refractivity contribution in [3.63, 3.8) is 0 Å². The predicted octanol–water partition coefficient (Wildman–Crippen LogP) is 6.77. The second kappa shape index (κ2) is 18.0. The Kier molecular flexibility index (Phi) is 13.9. The lowest BCUT2D eigenvalue weighted by molar-refractivity contribution is -0.168. The fraction of sp³-hybridized carbons (Fsp3) is 0.600. The van der Waals surface area contributed by atoms with Crippen LogP contribution in [0.25, 0.3) is 0 Å². The van der Waals surface area contributed by atoms with Gasteiger partial charge in [-0.2, -0.15) is 0 Å². The van der Waals surface area contributed by atoms with Crippen molar-refractivity contribution in [1.82, 2.24) is 5.32 Å². The van der Waals surface area contributed by atoms with Crippen LogP contribution in [0.5, 0.6) is 0 Å². The summed E-state index contributed by atoms with van der Waals surface area (Å²) in [6.45, 7) is 9.93. The van der Waals surface area contributed by atoms with Crippen molar-refractivity contribution in [2.75, 3.05) is 13.2 Å².